The smallest absolute Gasteiger partial charge is 0.123 e. The summed E-state index contributed by atoms with van der Waals surface area (Å²) in [5, 5.41) is 7.76. The van der Waals surface area contributed by atoms with Crippen LogP contribution < -0.4 is 5.73 Å². The predicted molar refractivity (Wildman–Crippen MR) is 53.4 cm³/mol. The van der Waals surface area contributed by atoms with Crippen LogP contribution in [0.3, 0.4) is 0 Å². The van der Waals surface area contributed by atoms with Gasteiger partial charge in [0.2, 0.25) is 0 Å². The standard InChI is InChI=1S/C10H11FN4/c11-9-3-1-8(2-4-9)6-15-7-10(5-12)13-14-15/h1-4,7H,5-6,12H2. The van der Waals surface area contributed by atoms with E-state index in [1.54, 1.807) is 23.0 Å². The molecular formula is C10H11FN4. The third-order valence-corrected chi connectivity index (χ3v) is 2.05. The molecule has 0 aliphatic heterocycles. The van der Waals surface area contributed by atoms with Gasteiger partial charge in [-0.15, -0.1) is 5.10 Å². The van der Waals surface area contributed by atoms with E-state index in [2.05, 4.69) is 10.3 Å². The maximum Gasteiger partial charge on any atom is 0.123 e. The highest BCUT2D eigenvalue weighted by Gasteiger charge is 1.99. The Bertz CT molecular complexity index is 435. The molecule has 0 fully saturated rings. The number of nitrogens with two attached hydrogens (primary N) is 1. The molecule has 0 aliphatic rings. The summed E-state index contributed by atoms with van der Waals surface area (Å²) in [6.45, 7) is 0.955. The third-order valence-electron chi connectivity index (χ3n) is 2.05. The molecule has 78 valence electrons. The number of benzene rings is 1. The average molecular weight is 206 g/mol. The van der Waals surface area contributed by atoms with Crippen molar-refractivity contribution in [3.8, 4) is 0 Å². The van der Waals surface area contributed by atoms with Gasteiger partial charge in [-0.2, -0.15) is 0 Å². The zero-order valence-corrected chi connectivity index (χ0v) is 8.10. The Morgan fingerprint density at radius 3 is 2.60 bits per heavy atom. The second kappa shape index (κ2) is 4.18. The summed E-state index contributed by atoms with van der Waals surface area (Å²) in [6, 6.07) is 6.30. The Morgan fingerprint density at radius 2 is 2.00 bits per heavy atom. The molecule has 0 unspecified atom stereocenters. The Morgan fingerprint density at radius 1 is 1.27 bits per heavy atom. The zero-order chi connectivity index (χ0) is 10.7. The van der Waals surface area contributed by atoms with E-state index in [-0.39, 0.29) is 5.82 Å². The van der Waals surface area contributed by atoms with Crippen LogP contribution in [0.2, 0.25) is 0 Å². The van der Waals surface area contributed by atoms with Gasteiger partial charge in [-0.25, -0.2) is 9.07 Å². The minimum absolute atomic E-state index is 0.236. The fourth-order valence-corrected chi connectivity index (χ4v) is 1.29. The lowest BCUT2D eigenvalue weighted by atomic mass is 10.2. The van der Waals surface area contributed by atoms with Gasteiger partial charge < -0.3 is 5.73 Å². The normalized spacial score (nSPS) is 10.5. The number of halogens is 1. The second-order valence-corrected chi connectivity index (χ2v) is 3.24. The van der Waals surface area contributed by atoms with Crippen LogP contribution in [-0.2, 0) is 13.1 Å². The fraction of sp³-hybridized carbons (Fsp3) is 0.200. The summed E-state index contributed by atoms with van der Waals surface area (Å²) in [5.41, 5.74) is 7.14. The molecule has 0 aliphatic carbocycles. The molecular weight excluding hydrogens is 195 g/mol. The molecule has 2 rings (SSSR count). The van der Waals surface area contributed by atoms with E-state index in [9.17, 15) is 4.39 Å². The molecule has 0 atom stereocenters. The van der Waals surface area contributed by atoms with Crippen molar-refractivity contribution in [1.29, 1.82) is 0 Å². The molecule has 4 nitrogen and oxygen atoms in total. The summed E-state index contributed by atoms with van der Waals surface area (Å²) >= 11 is 0. The quantitative estimate of drug-likeness (QED) is 0.812. The van der Waals surface area contributed by atoms with Gasteiger partial charge in [-0.1, -0.05) is 17.3 Å². The first-order valence-corrected chi connectivity index (χ1v) is 4.61. The summed E-state index contributed by atoms with van der Waals surface area (Å²) < 4.78 is 14.3. The van der Waals surface area contributed by atoms with Gasteiger partial charge in [0.05, 0.1) is 18.4 Å². The molecule has 0 amide bonds. The fourth-order valence-electron chi connectivity index (χ4n) is 1.29. The highest BCUT2D eigenvalue weighted by molar-refractivity contribution is 5.16. The van der Waals surface area contributed by atoms with Crippen LogP contribution in [0.5, 0.6) is 0 Å². The molecule has 1 heterocycles. The lowest BCUT2D eigenvalue weighted by Gasteiger charge is -1.99. The Hall–Kier alpha value is -1.75. The van der Waals surface area contributed by atoms with E-state index in [4.69, 9.17) is 5.73 Å². The van der Waals surface area contributed by atoms with E-state index in [1.807, 2.05) is 0 Å². The molecule has 5 heteroatoms. The van der Waals surface area contributed by atoms with Crippen LogP contribution in [-0.4, -0.2) is 15.0 Å². The van der Waals surface area contributed by atoms with Crippen LogP contribution in [0, 0.1) is 5.82 Å². The molecule has 2 N–H and O–H groups in total. The minimum atomic E-state index is -0.236. The van der Waals surface area contributed by atoms with Crippen molar-refractivity contribution < 1.29 is 4.39 Å². The first-order chi connectivity index (χ1) is 7.28. The highest BCUT2D eigenvalue weighted by Crippen LogP contribution is 2.04. The molecule has 1 aromatic carbocycles. The van der Waals surface area contributed by atoms with E-state index in [0.29, 0.717) is 13.1 Å². The molecule has 2 aromatic rings. The minimum Gasteiger partial charge on any atom is -0.325 e. The number of hydrogen-bond acceptors (Lipinski definition) is 3. The summed E-state index contributed by atoms with van der Waals surface area (Å²) in [7, 11) is 0. The molecule has 0 saturated heterocycles. The molecule has 1 aromatic heterocycles. The molecule has 0 saturated carbocycles. The highest BCUT2D eigenvalue weighted by atomic mass is 19.1. The van der Waals surface area contributed by atoms with E-state index >= 15 is 0 Å². The summed E-state index contributed by atoms with van der Waals surface area (Å²) in [4.78, 5) is 0. The summed E-state index contributed by atoms with van der Waals surface area (Å²) in [6.07, 6.45) is 1.78. The zero-order valence-electron chi connectivity index (χ0n) is 8.10. The van der Waals surface area contributed by atoms with E-state index < -0.39 is 0 Å². The second-order valence-electron chi connectivity index (χ2n) is 3.24. The van der Waals surface area contributed by atoms with Gasteiger partial charge in [0.15, 0.2) is 0 Å². The molecule has 15 heavy (non-hydrogen) atoms. The van der Waals surface area contributed by atoms with Crippen LogP contribution >= 0.6 is 0 Å². The molecule has 0 radical (unpaired) electrons. The molecule has 0 bridgehead atoms. The van der Waals surface area contributed by atoms with Gasteiger partial charge in [-0.3, -0.25) is 0 Å². The van der Waals surface area contributed by atoms with Crippen molar-refractivity contribution in [3.63, 3.8) is 0 Å². The third kappa shape index (κ3) is 2.38. The van der Waals surface area contributed by atoms with Crippen LogP contribution in [0.1, 0.15) is 11.3 Å². The number of nitrogens with zero attached hydrogens (tertiary/aromatic N) is 3. The van der Waals surface area contributed by atoms with Gasteiger partial charge in [-0.05, 0) is 17.7 Å². The van der Waals surface area contributed by atoms with Crippen LogP contribution in [0.25, 0.3) is 0 Å². The Balaban J connectivity index is 2.11. The average Bonchev–Trinajstić information content (AvgIpc) is 2.69. The SMILES string of the molecule is NCc1cn(Cc2ccc(F)cc2)nn1. The monoisotopic (exact) mass is 206 g/mol. The Labute approximate surface area is 86.5 Å². The first kappa shape index (κ1) is 9.79. The lowest BCUT2D eigenvalue weighted by molar-refractivity contribution is 0.621. The van der Waals surface area contributed by atoms with E-state index in [1.165, 1.54) is 12.1 Å². The number of hydrogen-bond donors (Lipinski definition) is 1. The topological polar surface area (TPSA) is 56.7 Å². The van der Waals surface area contributed by atoms with E-state index in [0.717, 1.165) is 11.3 Å². The summed E-state index contributed by atoms with van der Waals surface area (Å²) in [5.74, 6) is -0.236. The maximum atomic E-state index is 12.6. The van der Waals surface area contributed by atoms with Gasteiger partial charge in [0.1, 0.15) is 5.82 Å². The lowest BCUT2D eigenvalue weighted by Crippen LogP contribution is -2.00. The van der Waals surface area contributed by atoms with Crippen molar-refractivity contribution in [2.24, 2.45) is 5.73 Å². The van der Waals surface area contributed by atoms with Crippen molar-refractivity contribution in [1.82, 2.24) is 15.0 Å². The number of aromatic nitrogens is 3. The predicted octanol–water partition coefficient (Wildman–Crippen LogP) is 0.924. The largest absolute Gasteiger partial charge is 0.325 e. The van der Waals surface area contributed by atoms with Crippen LogP contribution in [0.15, 0.2) is 30.5 Å². The van der Waals surface area contributed by atoms with Crippen molar-refractivity contribution >= 4 is 0 Å². The first-order valence-electron chi connectivity index (χ1n) is 4.61. The van der Waals surface area contributed by atoms with Gasteiger partial charge in [0, 0.05) is 6.54 Å². The maximum absolute atomic E-state index is 12.6. The van der Waals surface area contributed by atoms with Crippen molar-refractivity contribution in [2.75, 3.05) is 0 Å². The molecule has 0 spiro atoms. The van der Waals surface area contributed by atoms with Gasteiger partial charge in [0.25, 0.3) is 0 Å². The van der Waals surface area contributed by atoms with Gasteiger partial charge >= 0.3 is 0 Å². The Kier molecular flexibility index (Phi) is 2.73. The van der Waals surface area contributed by atoms with Crippen molar-refractivity contribution in [3.05, 3.63) is 47.5 Å². The van der Waals surface area contributed by atoms with Crippen LogP contribution in [0.4, 0.5) is 4.39 Å². The van der Waals surface area contributed by atoms with Crippen molar-refractivity contribution in [2.45, 2.75) is 13.1 Å². The number of rotatable bonds is 3.